The fraction of sp³-hybridized carbons (Fsp3) is 0.304. The molecule has 0 saturated heterocycles. The molecule has 0 unspecified atom stereocenters. The SMILES string of the molecule is CC(C)c1cc(F)cc(-c2ccnc(C#N)c2)c1CC(=O)NS(=O)(=O)c1cnn(C2CC2)c1. The minimum atomic E-state index is -4.10. The zero-order chi connectivity index (χ0) is 23.8. The molecule has 0 bridgehead atoms. The highest BCUT2D eigenvalue weighted by atomic mass is 32.2. The first-order chi connectivity index (χ1) is 15.7. The largest absolute Gasteiger partial charge is 0.274 e. The summed E-state index contributed by atoms with van der Waals surface area (Å²) in [5.74, 6) is -1.38. The van der Waals surface area contributed by atoms with Crippen LogP contribution >= 0.6 is 0 Å². The van der Waals surface area contributed by atoms with E-state index < -0.39 is 21.7 Å². The summed E-state index contributed by atoms with van der Waals surface area (Å²) in [4.78, 5) is 16.7. The van der Waals surface area contributed by atoms with Crippen LogP contribution in [0.15, 0.2) is 47.8 Å². The van der Waals surface area contributed by atoms with Crippen molar-refractivity contribution in [1.29, 1.82) is 5.26 Å². The van der Waals surface area contributed by atoms with Crippen LogP contribution in [0.3, 0.4) is 0 Å². The van der Waals surface area contributed by atoms with Crippen LogP contribution in [0, 0.1) is 17.1 Å². The number of sulfonamides is 1. The lowest BCUT2D eigenvalue weighted by molar-refractivity contribution is -0.118. The van der Waals surface area contributed by atoms with Gasteiger partial charge in [-0.15, -0.1) is 0 Å². The van der Waals surface area contributed by atoms with Crippen molar-refractivity contribution < 1.29 is 17.6 Å². The Morgan fingerprint density at radius 3 is 2.76 bits per heavy atom. The van der Waals surface area contributed by atoms with Crippen LogP contribution in [-0.4, -0.2) is 29.1 Å². The molecule has 0 radical (unpaired) electrons. The van der Waals surface area contributed by atoms with E-state index in [4.69, 9.17) is 0 Å². The van der Waals surface area contributed by atoms with Gasteiger partial charge in [0.25, 0.3) is 10.0 Å². The number of rotatable bonds is 7. The molecule has 1 N–H and O–H groups in total. The number of carbonyl (C=O) groups excluding carboxylic acids is 1. The average Bonchev–Trinajstić information content (AvgIpc) is 3.49. The highest BCUT2D eigenvalue weighted by Crippen LogP contribution is 2.35. The number of hydrogen-bond donors (Lipinski definition) is 1. The third-order valence-corrected chi connectivity index (χ3v) is 6.78. The van der Waals surface area contributed by atoms with Crippen LogP contribution in [0.2, 0.25) is 0 Å². The van der Waals surface area contributed by atoms with E-state index >= 15 is 0 Å². The molecule has 1 aliphatic rings. The Kier molecular flexibility index (Phi) is 5.99. The first-order valence-electron chi connectivity index (χ1n) is 10.5. The van der Waals surface area contributed by atoms with Gasteiger partial charge >= 0.3 is 0 Å². The molecule has 1 aliphatic carbocycles. The van der Waals surface area contributed by atoms with E-state index in [1.807, 2.05) is 19.9 Å². The van der Waals surface area contributed by atoms with E-state index in [9.17, 15) is 22.9 Å². The molecular weight excluding hydrogens is 445 g/mol. The Bertz CT molecular complexity index is 1370. The number of nitrogens with zero attached hydrogens (tertiary/aromatic N) is 4. The molecule has 4 rings (SSSR count). The third kappa shape index (κ3) is 4.93. The molecule has 8 nitrogen and oxygen atoms in total. The Morgan fingerprint density at radius 2 is 2.09 bits per heavy atom. The number of nitriles is 1. The number of halogens is 1. The molecule has 1 aromatic carbocycles. The summed E-state index contributed by atoms with van der Waals surface area (Å²) in [7, 11) is -4.10. The fourth-order valence-corrected chi connectivity index (χ4v) is 4.61. The summed E-state index contributed by atoms with van der Waals surface area (Å²) in [5, 5.41) is 13.2. The van der Waals surface area contributed by atoms with Gasteiger partial charge in [0, 0.05) is 12.4 Å². The summed E-state index contributed by atoms with van der Waals surface area (Å²) < 4.78 is 43.6. The second kappa shape index (κ2) is 8.75. The first-order valence-corrected chi connectivity index (χ1v) is 11.9. The van der Waals surface area contributed by atoms with Crippen LogP contribution in [0.1, 0.15) is 55.5 Å². The number of amides is 1. The van der Waals surface area contributed by atoms with Crippen molar-refractivity contribution in [2.24, 2.45) is 0 Å². The zero-order valence-corrected chi connectivity index (χ0v) is 18.9. The predicted molar refractivity (Wildman–Crippen MR) is 118 cm³/mol. The smallest absolute Gasteiger partial charge is 0.267 e. The summed E-state index contributed by atoms with van der Waals surface area (Å²) >= 11 is 0. The first kappa shape index (κ1) is 22.6. The van der Waals surface area contributed by atoms with Crippen LogP contribution in [0.25, 0.3) is 11.1 Å². The lowest BCUT2D eigenvalue weighted by Crippen LogP contribution is -2.32. The summed E-state index contributed by atoms with van der Waals surface area (Å²) in [6.45, 7) is 3.71. The van der Waals surface area contributed by atoms with Gasteiger partial charge in [0.1, 0.15) is 22.5 Å². The molecule has 0 aliphatic heterocycles. The van der Waals surface area contributed by atoms with Crippen molar-refractivity contribution in [3.63, 3.8) is 0 Å². The molecule has 1 fully saturated rings. The van der Waals surface area contributed by atoms with E-state index in [1.165, 1.54) is 36.8 Å². The number of pyridine rings is 1. The molecule has 2 aromatic heterocycles. The van der Waals surface area contributed by atoms with Crippen LogP contribution < -0.4 is 4.72 Å². The highest BCUT2D eigenvalue weighted by Gasteiger charge is 2.28. The van der Waals surface area contributed by atoms with Gasteiger partial charge in [-0.25, -0.2) is 22.5 Å². The molecular formula is C23H22FN5O3S. The van der Waals surface area contributed by atoms with E-state index in [0.717, 1.165) is 12.8 Å². The topological polar surface area (TPSA) is 118 Å². The van der Waals surface area contributed by atoms with Crippen LogP contribution in [0.5, 0.6) is 0 Å². The fourth-order valence-electron chi connectivity index (χ4n) is 3.69. The van der Waals surface area contributed by atoms with Crippen molar-refractivity contribution in [3.05, 3.63) is 65.5 Å². The lowest BCUT2D eigenvalue weighted by atomic mass is 9.88. The van der Waals surface area contributed by atoms with Gasteiger partial charge in [-0.3, -0.25) is 9.48 Å². The maximum absolute atomic E-state index is 14.5. The van der Waals surface area contributed by atoms with E-state index in [1.54, 1.807) is 10.7 Å². The number of nitrogens with one attached hydrogen (secondary N) is 1. The average molecular weight is 468 g/mol. The van der Waals surface area contributed by atoms with Gasteiger partial charge in [0.2, 0.25) is 5.91 Å². The number of hydrogen-bond acceptors (Lipinski definition) is 6. The molecule has 0 spiro atoms. The molecule has 33 heavy (non-hydrogen) atoms. The quantitative estimate of drug-likeness (QED) is 0.569. The number of carbonyl (C=O) groups is 1. The van der Waals surface area contributed by atoms with E-state index in [2.05, 4.69) is 14.8 Å². The summed E-state index contributed by atoms with van der Waals surface area (Å²) in [6.07, 6.45) is 5.67. The van der Waals surface area contributed by atoms with Crippen molar-refractivity contribution in [2.45, 2.75) is 50.0 Å². The number of aromatic nitrogens is 3. The normalized spacial score (nSPS) is 13.7. The molecule has 3 aromatic rings. The maximum atomic E-state index is 14.5. The Balaban J connectivity index is 1.67. The minimum absolute atomic E-state index is 0.0843. The van der Waals surface area contributed by atoms with Gasteiger partial charge in [-0.1, -0.05) is 13.8 Å². The van der Waals surface area contributed by atoms with Gasteiger partial charge < -0.3 is 0 Å². The van der Waals surface area contributed by atoms with Crippen molar-refractivity contribution in [1.82, 2.24) is 19.5 Å². The van der Waals surface area contributed by atoms with Crippen LogP contribution in [0.4, 0.5) is 4.39 Å². The number of benzene rings is 1. The minimum Gasteiger partial charge on any atom is -0.274 e. The van der Waals surface area contributed by atoms with Gasteiger partial charge in [0.05, 0.1) is 18.7 Å². The van der Waals surface area contributed by atoms with Gasteiger partial charge in [-0.2, -0.15) is 10.4 Å². The maximum Gasteiger partial charge on any atom is 0.267 e. The van der Waals surface area contributed by atoms with Crippen molar-refractivity contribution >= 4 is 15.9 Å². The Labute approximate surface area is 191 Å². The predicted octanol–water partition coefficient (Wildman–Crippen LogP) is 3.46. The standard InChI is InChI=1S/C23H22FN5O3S/c1-14(2)20-8-16(24)9-21(15-5-6-26-17(7-15)11-25)22(20)10-23(30)28-33(31,32)19-12-27-29(13-19)18-3-4-18/h5-9,12-14,18H,3-4,10H2,1-2H3,(H,28,30). The Hall–Kier alpha value is -3.58. The molecule has 2 heterocycles. The van der Waals surface area contributed by atoms with Gasteiger partial charge in [0.15, 0.2) is 0 Å². The zero-order valence-electron chi connectivity index (χ0n) is 18.1. The molecule has 1 amide bonds. The summed E-state index contributed by atoms with van der Waals surface area (Å²) in [5.41, 5.74) is 2.14. The van der Waals surface area contributed by atoms with Crippen LogP contribution in [-0.2, 0) is 21.2 Å². The Morgan fingerprint density at radius 1 is 1.33 bits per heavy atom. The second-order valence-electron chi connectivity index (χ2n) is 8.31. The van der Waals surface area contributed by atoms with Crippen molar-refractivity contribution in [3.8, 4) is 17.2 Å². The second-order valence-corrected chi connectivity index (χ2v) is 9.99. The van der Waals surface area contributed by atoms with Gasteiger partial charge in [-0.05, 0) is 65.3 Å². The van der Waals surface area contributed by atoms with Crippen molar-refractivity contribution in [2.75, 3.05) is 0 Å². The lowest BCUT2D eigenvalue weighted by Gasteiger charge is -2.18. The molecule has 170 valence electrons. The summed E-state index contributed by atoms with van der Waals surface area (Å²) in [6, 6.07) is 7.89. The molecule has 1 saturated carbocycles. The molecule has 10 heteroatoms. The van der Waals surface area contributed by atoms with E-state index in [-0.39, 0.29) is 29.0 Å². The third-order valence-electron chi connectivity index (χ3n) is 5.45. The monoisotopic (exact) mass is 467 g/mol. The molecule has 0 atom stereocenters. The van der Waals surface area contributed by atoms with E-state index in [0.29, 0.717) is 22.3 Å². The highest BCUT2D eigenvalue weighted by molar-refractivity contribution is 7.90.